The summed E-state index contributed by atoms with van der Waals surface area (Å²) in [7, 11) is 0.304. The molecule has 0 aromatic heterocycles. The molecule has 0 heterocycles. The van der Waals surface area contributed by atoms with Crippen LogP contribution in [0, 0.1) is 0 Å². The Hall–Kier alpha value is -1.30. The third-order valence-corrected chi connectivity index (χ3v) is 1.53. The fraction of sp³-hybridized carbons (Fsp3) is 0.200. The van der Waals surface area contributed by atoms with Crippen molar-refractivity contribution in [1.82, 2.24) is 4.57 Å². The number of esters is 1. The van der Waals surface area contributed by atoms with Gasteiger partial charge in [0.1, 0.15) is 10.4 Å². The number of hydrogen-bond donors (Lipinski definition) is 1. The van der Waals surface area contributed by atoms with Crippen molar-refractivity contribution in [2.45, 2.75) is 0 Å². The molecule has 0 aliphatic carbocycles. The van der Waals surface area contributed by atoms with Crippen LogP contribution in [0.2, 0.25) is 0 Å². The molecular weight excluding hydrogens is 166 g/mol. The zero-order chi connectivity index (χ0) is 8.85. The molecule has 0 aliphatic heterocycles. The lowest BCUT2D eigenvalue weighted by atomic mass is 10.7. The number of amides is 1. The van der Waals surface area contributed by atoms with Gasteiger partial charge >= 0.3 is 12.1 Å². The van der Waals surface area contributed by atoms with Crippen LogP contribution in [-0.2, 0) is 9.53 Å². The van der Waals surface area contributed by atoms with Gasteiger partial charge in [-0.25, -0.2) is 9.59 Å². The van der Waals surface area contributed by atoms with Crippen LogP contribution in [0.5, 0.6) is 0 Å². The zero-order valence-corrected chi connectivity index (χ0v) is 8.11. The van der Waals surface area contributed by atoms with Gasteiger partial charge in [0, 0.05) is 6.08 Å². The first-order chi connectivity index (χ1) is 5.07. The number of carboxylic acid groups (broad SMARTS) is 1. The molecule has 0 aromatic carbocycles. The second kappa shape index (κ2) is 4.50. The van der Waals surface area contributed by atoms with Gasteiger partial charge in [0.15, 0.2) is 6.73 Å². The topological polar surface area (TPSA) is 66.8 Å². The van der Waals surface area contributed by atoms with Gasteiger partial charge in [-0.2, -0.15) is 0 Å². The number of carbonyl (C=O) groups excluding carboxylic acids is 1. The monoisotopic (exact) mass is 175 g/mol. The van der Waals surface area contributed by atoms with Crippen molar-refractivity contribution in [2.75, 3.05) is 6.73 Å². The van der Waals surface area contributed by atoms with E-state index in [0.717, 1.165) is 10.6 Å². The van der Waals surface area contributed by atoms with Gasteiger partial charge in [-0.05, 0) is 0 Å². The normalized spacial score (nSPS) is 8.73. The smallest absolute Gasteiger partial charge is 0.401 e. The minimum atomic E-state index is -1.09. The summed E-state index contributed by atoms with van der Waals surface area (Å²) in [5.74, 6) is -0.618. The molecule has 0 rings (SSSR count). The number of nitrogens with zero attached hydrogens (tertiary/aromatic N) is 1. The van der Waals surface area contributed by atoms with Crippen LogP contribution in [0.4, 0.5) is 4.79 Å². The summed E-state index contributed by atoms with van der Waals surface area (Å²) >= 11 is 0. The van der Waals surface area contributed by atoms with Crippen molar-refractivity contribution in [1.29, 1.82) is 0 Å². The molecule has 0 saturated heterocycles. The predicted octanol–water partition coefficient (Wildman–Crippen LogP) is -1.07. The largest absolute Gasteiger partial charge is 0.465 e. The van der Waals surface area contributed by atoms with Crippen molar-refractivity contribution >= 4 is 22.5 Å². The molecule has 0 atom stereocenters. The highest BCUT2D eigenvalue weighted by molar-refractivity contribution is 6.12. The molecule has 0 aliphatic rings. The Kier molecular flexibility index (Phi) is 3.97. The van der Waals surface area contributed by atoms with E-state index in [0.29, 0.717) is 10.4 Å². The van der Waals surface area contributed by atoms with Gasteiger partial charge in [-0.15, -0.1) is 0 Å². The first-order valence-corrected chi connectivity index (χ1v) is 3.70. The molecule has 0 radical (unpaired) electrons. The molecule has 1 N–H and O–H groups in total. The molecule has 6 heteroatoms. The van der Waals surface area contributed by atoms with Crippen molar-refractivity contribution < 1.29 is 19.4 Å². The first-order valence-electron chi connectivity index (χ1n) is 2.81. The van der Waals surface area contributed by atoms with Crippen molar-refractivity contribution in [3.63, 3.8) is 0 Å². The van der Waals surface area contributed by atoms with E-state index >= 15 is 0 Å². The molecule has 0 bridgehead atoms. The summed E-state index contributed by atoms with van der Waals surface area (Å²) in [6.45, 7) is 2.94. The van der Waals surface area contributed by atoms with Crippen LogP contribution in [0.1, 0.15) is 0 Å². The van der Waals surface area contributed by atoms with Crippen molar-refractivity contribution in [3.05, 3.63) is 12.7 Å². The van der Waals surface area contributed by atoms with E-state index in [4.69, 9.17) is 5.11 Å². The Morgan fingerprint density at radius 3 is 2.64 bits per heavy atom. The Bertz CT molecular complexity index is 181. The van der Waals surface area contributed by atoms with Crippen LogP contribution in [0.15, 0.2) is 12.7 Å². The molecule has 0 aromatic rings. The highest BCUT2D eigenvalue weighted by atomic mass is 28.2. The highest BCUT2D eigenvalue weighted by Crippen LogP contribution is 1.85. The molecule has 1 amide bonds. The summed E-state index contributed by atoms with van der Waals surface area (Å²) < 4.78 is 5.41. The maximum atomic E-state index is 10.4. The fourth-order valence-electron chi connectivity index (χ4n) is 0.275. The lowest BCUT2D eigenvalue weighted by molar-refractivity contribution is -0.139. The Balaban J connectivity index is 3.62. The van der Waals surface area contributed by atoms with Gasteiger partial charge in [-0.3, -0.25) is 0 Å². The molecular formula is C5H9NO4Si. The van der Waals surface area contributed by atoms with E-state index < -0.39 is 12.1 Å². The lowest BCUT2D eigenvalue weighted by Crippen LogP contribution is -2.29. The molecule has 0 spiro atoms. The van der Waals surface area contributed by atoms with Crippen LogP contribution in [0.25, 0.3) is 0 Å². The lowest BCUT2D eigenvalue weighted by Gasteiger charge is -2.11. The van der Waals surface area contributed by atoms with Crippen molar-refractivity contribution in [2.24, 2.45) is 0 Å². The fourth-order valence-corrected chi connectivity index (χ4v) is 0.404. The summed E-state index contributed by atoms with van der Waals surface area (Å²) in [6.07, 6.45) is -0.106. The highest BCUT2D eigenvalue weighted by Gasteiger charge is 2.05. The average Bonchev–Trinajstić information content (AvgIpc) is 1.99. The van der Waals surface area contributed by atoms with E-state index in [1.165, 1.54) is 0 Å². The first kappa shape index (κ1) is 9.70. The summed E-state index contributed by atoms with van der Waals surface area (Å²) in [5, 5.41) is 8.31. The molecule has 5 nitrogen and oxygen atoms in total. The third kappa shape index (κ3) is 4.15. The van der Waals surface area contributed by atoms with E-state index in [9.17, 15) is 9.59 Å². The maximum Gasteiger partial charge on any atom is 0.401 e. The van der Waals surface area contributed by atoms with Crippen LogP contribution in [0.3, 0.4) is 0 Å². The number of hydrogen-bond acceptors (Lipinski definition) is 3. The van der Waals surface area contributed by atoms with Crippen LogP contribution >= 0.6 is 0 Å². The second-order valence-corrected chi connectivity index (χ2v) is 2.86. The van der Waals surface area contributed by atoms with E-state index in [2.05, 4.69) is 11.3 Å². The van der Waals surface area contributed by atoms with E-state index in [1.807, 2.05) is 0 Å². The van der Waals surface area contributed by atoms with E-state index in [-0.39, 0.29) is 6.73 Å². The molecule has 0 fully saturated rings. The SMILES string of the molecule is C=CC(=O)OCN([SiH3])C(=O)O. The zero-order valence-electron chi connectivity index (χ0n) is 6.11. The predicted molar refractivity (Wildman–Crippen MR) is 41.0 cm³/mol. The van der Waals surface area contributed by atoms with Gasteiger partial charge in [0.2, 0.25) is 0 Å². The maximum absolute atomic E-state index is 10.4. The number of carbonyl (C=O) groups is 2. The Labute approximate surface area is 66.8 Å². The molecule has 62 valence electrons. The standard InChI is InChI=1S/C5H9NO4Si/c1-2-4(7)10-3-6(11)5(8)9/h2H,1,3H2,11H3,(H,8,9). The third-order valence-electron chi connectivity index (χ3n) is 0.894. The van der Waals surface area contributed by atoms with Gasteiger partial charge in [0.05, 0.1) is 0 Å². The van der Waals surface area contributed by atoms with Gasteiger partial charge in [0.25, 0.3) is 0 Å². The van der Waals surface area contributed by atoms with Crippen molar-refractivity contribution in [3.8, 4) is 0 Å². The van der Waals surface area contributed by atoms with E-state index in [1.54, 1.807) is 0 Å². The minimum Gasteiger partial charge on any atom is -0.465 e. The minimum absolute atomic E-state index is 0.216. The van der Waals surface area contributed by atoms with Gasteiger partial charge in [-0.1, -0.05) is 6.58 Å². The quantitative estimate of drug-likeness (QED) is 0.257. The number of ether oxygens (including phenoxy) is 1. The summed E-state index contributed by atoms with van der Waals surface area (Å²) in [6, 6.07) is 0. The molecule has 11 heavy (non-hydrogen) atoms. The van der Waals surface area contributed by atoms with Crippen LogP contribution in [-0.4, -0.2) is 38.9 Å². The summed E-state index contributed by atoms with van der Waals surface area (Å²) in [4.78, 5) is 20.5. The molecule has 0 unspecified atom stereocenters. The van der Waals surface area contributed by atoms with Crippen LogP contribution < -0.4 is 0 Å². The Morgan fingerprint density at radius 2 is 2.27 bits per heavy atom. The molecule has 0 saturated carbocycles. The van der Waals surface area contributed by atoms with Gasteiger partial charge < -0.3 is 14.4 Å². The second-order valence-electron chi connectivity index (χ2n) is 1.78. The summed E-state index contributed by atoms with van der Waals surface area (Å²) in [5.41, 5.74) is 0. The Morgan fingerprint density at radius 1 is 1.73 bits per heavy atom. The number of rotatable bonds is 3. The average molecular weight is 175 g/mol.